The average Bonchev–Trinajstić information content (AvgIpc) is 3.28. The number of carbonyl (C=O) groups is 2. The molecule has 150 valence electrons. The normalized spacial score (nSPS) is 20.7. The first-order valence-electron chi connectivity index (χ1n) is 9.00. The molecule has 29 heavy (non-hydrogen) atoms. The zero-order chi connectivity index (χ0) is 20.6. The second-order valence-electron chi connectivity index (χ2n) is 6.78. The zero-order valence-electron chi connectivity index (χ0n) is 16.3. The largest absolute Gasteiger partial charge is 0.497 e. The van der Waals surface area contributed by atoms with Crippen molar-refractivity contribution in [2.45, 2.75) is 18.4 Å². The van der Waals surface area contributed by atoms with Gasteiger partial charge in [0.2, 0.25) is 11.5 Å². The Balaban J connectivity index is 1.61. The Kier molecular flexibility index (Phi) is 4.62. The molecule has 0 aliphatic carbocycles. The SMILES string of the molecule is COc1ccc(N2C(=O)C[C@@]3(CC(c4cc(OC)ccc4OC)=NO3)C2=O)cc1. The molecule has 1 atom stereocenters. The summed E-state index contributed by atoms with van der Waals surface area (Å²) < 4.78 is 15.8. The molecule has 4 rings (SSSR count). The van der Waals surface area contributed by atoms with E-state index in [0.717, 1.165) is 4.90 Å². The Labute approximate surface area is 167 Å². The number of anilines is 1. The summed E-state index contributed by atoms with van der Waals surface area (Å²) in [7, 11) is 4.66. The highest BCUT2D eigenvalue weighted by molar-refractivity contribution is 6.26. The van der Waals surface area contributed by atoms with Crippen LogP contribution in [0.25, 0.3) is 0 Å². The van der Waals surface area contributed by atoms with E-state index in [1.165, 1.54) is 0 Å². The van der Waals surface area contributed by atoms with Crippen LogP contribution in [0.2, 0.25) is 0 Å². The number of nitrogens with zero attached hydrogens (tertiary/aromatic N) is 2. The van der Waals surface area contributed by atoms with Gasteiger partial charge in [0.05, 0.1) is 39.1 Å². The van der Waals surface area contributed by atoms with E-state index in [4.69, 9.17) is 19.0 Å². The van der Waals surface area contributed by atoms with Crippen LogP contribution in [-0.4, -0.2) is 44.5 Å². The fourth-order valence-corrected chi connectivity index (χ4v) is 3.58. The van der Waals surface area contributed by atoms with Gasteiger partial charge in [-0.25, -0.2) is 4.90 Å². The van der Waals surface area contributed by atoms with Crippen molar-refractivity contribution in [3.05, 3.63) is 48.0 Å². The van der Waals surface area contributed by atoms with E-state index < -0.39 is 11.5 Å². The number of rotatable bonds is 5. The van der Waals surface area contributed by atoms with Crippen LogP contribution in [-0.2, 0) is 14.4 Å². The smallest absolute Gasteiger partial charge is 0.281 e. The lowest BCUT2D eigenvalue weighted by Gasteiger charge is -2.19. The van der Waals surface area contributed by atoms with Crippen molar-refractivity contribution in [2.75, 3.05) is 26.2 Å². The number of methoxy groups -OCH3 is 3. The van der Waals surface area contributed by atoms with Crippen LogP contribution in [0.3, 0.4) is 0 Å². The summed E-state index contributed by atoms with van der Waals surface area (Å²) in [6.07, 6.45) is 0.0743. The monoisotopic (exact) mass is 396 g/mol. The van der Waals surface area contributed by atoms with Crippen LogP contribution in [0, 0.1) is 0 Å². The maximum atomic E-state index is 13.2. The molecule has 1 spiro atoms. The van der Waals surface area contributed by atoms with E-state index >= 15 is 0 Å². The Morgan fingerprint density at radius 2 is 1.62 bits per heavy atom. The number of benzene rings is 2. The third kappa shape index (κ3) is 3.06. The molecule has 8 nitrogen and oxygen atoms in total. The van der Waals surface area contributed by atoms with Crippen molar-refractivity contribution < 1.29 is 28.6 Å². The Morgan fingerprint density at radius 3 is 2.28 bits per heavy atom. The molecule has 2 aromatic rings. The molecule has 2 amide bonds. The van der Waals surface area contributed by atoms with Gasteiger partial charge < -0.3 is 19.0 Å². The van der Waals surface area contributed by atoms with Gasteiger partial charge in [0.1, 0.15) is 17.2 Å². The second-order valence-corrected chi connectivity index (χ2v) is 6.78. The molecule has 2 aromatic carbocycles. The van der Waals surface area contributed by atoms with E-state index in [2.05, 4.69) is 5.16 Å². The fraction of sp³-hybridized carbons (Fsp3) is 0.286. The molecule has 0 saturated carbocycles. The van der Waals surface area contributed by atoms with Gasteiger partial charge in [-0.1, -0.05) is 5.16 Å². The van der Waals surface area contributed by atoms with Crippen LogP contribution in [0.4, 0.5) is 5.69 Å². The van der Waals surface area contributed by atoms with Crippen LogP contribution in [0.15, 0.2) is 47.6 Å². The van der Waals surface area contributed by atoms with Gasteiger partial charge >= 0.3 is 0 Å². The van der Waals surface area contributed by atoms with Gasteiger partial charge in [-0.15, -0.1) is 0 Å². The highest BCUT2D eigenvalue weighted by atomic mass is 16.7. The molecule has 2 aliphatic rings. The van der Waals surface area contributed by atoms with Crippen LogP contribution < -0.4 is 19.1 Å². The minimum Gasteiger partial charge on any atom is -0.497 e. The number of hydrogen-bond donors (Lipinski definition) is 0. The summed E-state index contributed by atoms with van der Waals surface area (Å²) in [4.78, 5) is 32.5. The van der Waals surface area contributed by atoms with Crippen LogP contribution >= 0.6 is 0 Å². The van der Waals surface area contributed by atoms with Crippen molar-refractivity contribution in [1.29, 1.82) is 0 Å². The van der Waals surface area contributed by atoms with Crippen LogP contribution in [0.5, 0.6) is 17.2 Å². The first kappa shape index (κ1) is 18.8. The first-order chi connectivity index (χ1) is 14.0. The van der Waals surface area contributed by atoms with E-state index in [1.807, 2.05) is 0 Å². The van der Waals surface area contributed by atoms with Crippen molar-refractivity contribution in [3.63, 3.8) is 0 Å². The summed E-state index contributed by atoms with van der Waals surface area (Å²) >= 11 is 0. The second kappa shape index (κ2) is 7.12. The molecule has 2 heterocycles. The number of amides is 2. The summed E-state index contributed by atoms with van der Waals surface area (Å²) in [6, 6.07) is 12.0. The lowest BCUT2D eigenvalue weighted by molar-refractivity contribution is -0.136. The lowest BCUT2D eigenvalue weighted by atomic mass is 9.92. The third-order valence-corrected chi connectivity index (χ3v) is 5.11. The topological polar surface area (TPSA) is 86.7 Å². The fourth-order valence-electron chi connectivity index (χ4n) is 3.58. The van der Waals surface area contributed by atoms with Gasteiger partial charge in [-0.3, -0.25) is 9.59 Å². The van der Waals surface area contributed by atoms with Crippen molar-refractivity contribution in [1.82, 2.24) is 0 Å². The van der Waals surface area contributed by atoms with Crippen molar-refractivity contribution in [3.8, 4) is 17.2 Å². The van der Waals surface area contributed by atoms with Crippen molar-refractivity contribution in [2.24, 2.45) is 5.16 Å². The molecule has 0 bridgehead atoms. The third-order valence-electron chi connectivity index (χ3n) is 5.11. The molecule has 0 N–H and O–H groups in total. The summed E-state index contributed by atoms with van der Waals surface area (Å²) in [5.74, 6) is 1.06. The maximum absolute atomic E-state index is 13.2. The van der Waals surface area contributed by atoms with Gasteiger partial charge in [0.25, 0.3) is 5.91 Å². The number of carbonyl (C=O) groups excluding carboxylic acids is 2. The minimum absolute atomic E-state index is 0.0862. The molecular weight excluding hydrogens is 376 g/mol. The molecule has 0 unspecified atom stereocenters. The minimum atomic E-state index is -1.35. The Hall–Kier alpha value is -3.55. The molecule has 0 aromatic heterocycles. The number of oxime groups is 1. The van der Waals surface area contributed by atoms with E-state index in [0.29, 0.717) is 34.2 Å². The Morgan fingerprint density at radius 1 is 0.931 bits per heavy atom. The van der Waals surface area contributed by atoms with Gasteiger partial charge in [0.15, 0.2) is 0 Å². The van der Waals surface area contributed by atoms with Gasteiger partial charge in [-0.05, 0) is 42.5 Å². The van der Waals surface area contributed by atoms with Crippen LogP contribution in [0.1, 0.15) is 18.4 Å². The molecular formula is C21H20N2O6. The quantitative estimate of drug-likeness (QED) is 0.722. The highest BCUT2D eigenvalue weighted by Crippen LogP contribution is 2.41. The summed E-state index contributed by atoms with van der Waals surface area (Å²) in [5.41, 5.74) is 0.305. The highest BCUT2D eigenvalue weighted by Gasteiger charge is 2.58. The maximum Gasteiger partial charge on any atom is 0.281 e. The molecule has 1 fully saturated rings. The summed E-state index contributed by atoms with van der Waals surface area (Å²) in [6.45, 7) is 0. The average molecular weight is 396 g/mol. The van der Waals surface area contributed by atoms with Gasteiger partial charge in [-0.2, -0.15) is 0 Å². The number of imide groups is 1. The first-order valence-corrected chi connectivity index (χ1v) is 9.00. The number of hydrogen-bond acceptors (Lipinski definition) is 7. The summed E-state index contributed by atoms with van der Waals surface area (Å²) in [5, 5.41) is 4.13. The molecule has 2 aliphatic heterocycles. The van der Waals surface area contributed by atoms with E-state index in [-0.39, 0.29) is 18.7 Å². The predicted octanol–water partition coefficient (Wildman–Crippen LogP) is 2.54. The zero-order valence-corrected chi connectivity index (χ0v) is 16.3. The molecule has 8 heteroatoms. The van der Waals surface area contributed by atoms with E-state index in [9.17, 15) is 9.59 Å². The van der Waals surface area contributed by atoms with E-state index in [1.54, 1.807) is 63.8 Å². The molecule has 1 saturated heterocycles. The Bertz CT molecular complexity index is 1000. The number of ether oxygens (including phenoxy) is 3. The predicted molar refractivity (Wildman–Crippen MR) is 105 cm³/mol. The van der Waals surface area contributed by atoms with Crippen molar-refractivity contribution >= 4 is 23.2 Å². The molecule has 0 radical (unpaired) electrons. The standard InChI is InChI=1S/C21H20N2O6/c1-26-14-6-4-13(5-7-14)23-19(24)12-21(20(23)25)11-17(22-29-21)16-10-15(27-2)8-9-18(16)28-3/h4-10H,11-12H2,1-3H3/t21-/m0/s1. The van der Waals surface area contributed by atoms with Gasteiger partial charge in [0, 0.05) is 12.0 Å². The lowest BCUT2D eigenvalue weighted by Crippen LogP contribution is -2.40.